The Balaban J connectivity index is 1.62. The van der Waals surface area contributed by atoms with Crippen molar-refractivity contribution in [1.29, 1.82) is 0 Å². The highest BCUT2D eigenvalue weighted by molar-refractivity contribution is 6.04. The van der Waals surface area contributed by atoms with Crippen molar-refractivity contribution >= 4 is 23.3 Å². The fourth-order valence-corrected chi connectivity index (χ4v) is 2.61. The first kappa shape index (κ1) is 16.1. The Morgan fingerprint density at radius 1 is 1.21 bits per heavy atom. The van der Waals surface area contributed by atoms with Gasteiger partial charge in [0.25, 0.3) is 5.91 Å². The summed E-state index contributed by atoms with van der Waals surface area (Å²) in [5, 5.41) is 15.2. The normalized spacial score (nSPS) is 17.4. The average molecular weight is 329 g/mol. The van der Waals surface area contributed by atoms with E-state index in [1.807, 2.05) is 0 Å². The maximum absolute atomic E-state index is 12.2. The molecule has 1 atom stereocenters. The van der Waals surface area contributed by atoms with E-state index in [-0.39, 0.29) is 11.9 Å². The molecule has 126 valence electrons. The second-order valence-electron chi connectivity index (χ2n) is 5.72. The van der Waals surface area contributed by atoms with Crippen molar-refractivity contribution in [2.24, 2.45) is 0 Å². The number of aliphatic hydroxyl groups excluding tert-OH is 1. The third-order valence-electron chi connectivity index (χ3n) is 3.84. The minimum Gasteiger partial charge on any atom is -0.472 e. The minimum absolute atomic E-state index is 0.257. The van der Waals surface area contributed by atoms with Crippen molar-refractivity contribution in [1.82, 2.24) is 4.90 Å². The average Bonchev–Trinajstić information content (AvgIpc) is 3.10. The molecule has 0 aliphatic carbocycles. The van der Waals surface area contributed by atoms with Crippen LogP contribution in [0.2, 0.25) is 0 Å². The second kappa shape index (κ2) is 7.18. The van der Waals surface area contributed by atoms with Crippen molar-refractivity contribution in [2.75, 3.05) is 23.7 Å². The van der Waals surface area contributed by atoms with E-state index in [4.69, 9.17) is 4.42 Å². The lowest BCUT2D eigenvalue weighted by Gasteiger charge is -2.30. The molecule has 1 fully saturated rings. The highest BCUT2D eigenvalue weighted by Crippen LogP contribution is 2.18. The van der Waals surface area contributed by atoms with Crippen LogP contribution in [0.4, 0.5) is 16.2 Å². The number of carbonyl (C=O) groups excluding carboxylic acids is 2. The molecule has 0 radical (unpaired) electrons. The summed E-state index contributed by atoms with van der Waals surface area (Å²) in [5.41, 5.74) is 1.56. The van der Waals surface area contributed by atoms with Crippen LogP contribution in [-0.2, 0) is 0 Å². The van der Waals surface area contributed by atoms with Crippen LogP contribution in [0.5, 0.6) is 0 Å². The standard InChI is InChI=1S/C17H19N3O4/c21-15-5-2-7-20(10-15)17(23)19-14-4-1-3-13(9-14)18-16(22)12-6-8-24-11-12/h1,3-4,6,8-9,11,15,21H,2,5,7,10H2,(H,18,22)(H,19,23). The summed E-state index contributed by atoms with van der Waals surface area (Å²) in [7, 11) is 0. The molecule has 3 amide bonds. The fourth-order valence-electron chi connectivity index (χ4n) is 2.61. The van der Waals surface area contributed by atoms with Gasteiger partial charge in [-0.25, -0.2) is 4.79 Å². The molecule has 1 aromatic carbocycles. The molecule has 0 bridgehead atoms. The van der Waals surface area contributed by atoms with Gasteiger partial charge in [-0.3, -0.25) is 4.79 Å². The van der Waals surface area contributed by atoms with Gasteiger partial charge in [-0.05, 0) is 37.1 Å². The molecule has 7 nitrogen and oxygen atoms in total. The summed E-state index contributed by atoms with van der Waals surface area (Å²) in [6, 6.07) is 8.21. The summed E-state index contributed by atoms with van der Waals surface area (Å²) >= 11 is 0. The Bertz CT molecular complexity index is 714. The molecule has 2 aromatic rings. The van der Waals surface area contributed by atoms with Crippen molar-refractivity contribution < 1.29 is 19.1 Å². The van der Waals surface area contributed by atoms with Crippen LogP contribution in [0, 0.1) is 0 Å². The lowest BCUT2D eigenvalue weighted by atomic mass is 10.1. The number of nitrogens with one attached hydrogen (secondary N) is 2. The van der Waals surface area contributed by atoms with E-state index in [9.17, 15) is 14.7 Å². The number of likely N-dealkylation sites (tertiary alicyclic amines) is 1. The first-order valence-electron chi connectivity index (χ1n) is 7.79. The molecule has 7 heteroatoms. The van der Waals surface area contributed by atoms with Crippen molar-refractivity contribution in [3.8, 4) is 0 Å². The maximum Gasteiger partial charge on any atom is 0.321 e. The van der Waals surface area contributed by atoms with Gasteiger partial charge < -0.3 is 25.1 Å². The van der Waals surface area contributed by atoms with E-state index in [1.165, 1.54) is 12.5 Å². The van der Waals surface area contributed by atoms with Gasteiger partial charge in [0.05, 0.1) is 17.9 Å². The molecular weight excluding hydrogens is 310 g/mol. The van der Waals surface area contributed by atoms with Crippen molar-refractivity contribution in [2.45, 2.75) is 18.9 Å². The molecule has 3 N–H and O–H groups in total. The number of β-amino-alcohol motifs (C(OH)–C–C–N with tert-alkyl or cyclic N) is 1. The molecule has 3 rings (SSSR count). The summed E-state index contributed by atoms with van der Waals surface area (Å²) in [4.78, 5) is 25.8. The van der Waals surface area contributed by atoms with E-state index in [1.54, 1.807) is 35.2 Å². The Kier molecular flexibility index (Phi) is 4.81. The Morgan fingerprint density at radius 3 is 2.71 bits per heavy atom. The molecule has 1 aliphatic heterocycles. The van der Waals surface area contributed by atoms with Gasteiger partial charge in [0.1, 0.15) is 6.26 Å². The van der Waals surface area contributed by atoms with Gasteiger partial charge in [-0.15, -0.1) is 0 Å². The minimum atomic E-state index is -0.468. The maximum atomic E-state index is 12.2. The van der Waals surface area contributed by atoms with Gasteiger partial charge in [-0.1, -0.05) is 6.07 Å². The molecule has 2 heterocycles. The Labute approximate surface area is 139 Å². The molecule has 1 unspecified atom stereocenters. The van der Waals surface area contributed by atoms with Gasteiger partial charge in [0, 0.05) is 24.5 Å². The molecule has 0 saturated carbocycles. The highest BCUT2D eigenvalue weighted by Gasteiger charge is 2.22. The molecular formula is C17H19N3O4. The van der Waals surface area contributed by atoms with Gasteiger partial charge in [0.15, 0.2) is 0 Å². The Morgan fingerprint density at radius 2 is 2.00 bits per heavy atom. The van der Waals surface area contributed by atoms with E-state index >= 15 is 0 Å². The lowest BCUT2D eigenvalue weighted by molar-refractivity contribution is 0.0883. The predicted octanol–water partition coefficient (Wildman–Crippen LogP) is 2.52. The zero-order chi connectivity index (χ0) is 16.9. The van der Waals surface area contributed by atoms with Crippen LogP contribution in [0.25, 0.3) is 0 Å². The predicted molar refractivity (Wildman–Crippen MR) is 88.9 cm³/mol. The number of hydrogen-bond acceptors (Lipinski definition) is 4. The third-order valence-corrected chi connectivity index (χ3v) is 3.84. The first-order chi connectivity index (χ1) is 11.6. The molecule has 1 saturated heterocycles. The molecule has 1 aliphatic rings. The van der Waals surface area contributed by atoms with Crippen LogP contribution >= 0.6 is 0 Å². The monoisotopic (exact) mass is 329 g/mol. The van der Waals surface area contributed by atoms with E-state index in [2.05, 4.69) is 10.6 Å². The first-order valence-corrected chi connectivity index (χ1v) is 7.79. The van der Waals surface area contributed by atoms with Gasteiger partial charge in [0.2, 0.25) is 0 Å². The van der Waals surface area contributed by atoms with Crippen LogP contribution in [0.1, 0.15) is 23.2 Å². The molecule has 1 aromatic heterocycles. The molecule has 0 spiro atoms. The number of benzene rings is 1. The van der Waals surface area contributed by atoms with Crippen LogP contribution < -0.4 is 10.6 Å². The Hall–Kier alpha value is -2.80. The summed E-state index contributed by atoms with van der Waals surface area (Å²) in [6.07, 6.45) is 3.83. The van der Waals surface area contributed by atoms with Crippen molar-refractivity contribution in [3.63, 3.8) is 0 Å². The third kappa shape index (κ3) is 3.94. The number of anilines is 2. The number of hydrogen-bond donors (Lipinski definition) is 3. The smallest absolute Gasteiger partial charge is 0.321 e. The number of urea groups is 1. The number of aliphatic hydroxyl groups is 1. The largest absolute Gasteiger partial charge is 0.472 e. The molecule has 24 heavy (non-hydrogen) atoms. The summed E-state index contributed by atoms with van der Waals surface area (Å²) in [5.74, 6) is -0.286. The number of nitrogens with zero attached hydrogens (tertiary/aromatic N) is 1. The van der Waals surface area contributed by atoms with Crippen LogP contribution in [0.3, 0.4) is 0 Å². The summed E-state index contributed by atoms with van der Waals surface area (Å²) in [6.45, 7) is 0.961. The fraction of sp³-hybridized carbons (Fsp3) is 0.294. The van der Waals surface area contributed by atoms with E-state index in [0.29, 0.717) is 30.0 Å². The lowest BCUT2D eigenvalue weighted by Crippen LogP contribution is -2.44. The van der Waals surface area contributed by atoms with Crippen LogP contribution in [-0.4, -0.2) is 41.1 Å². The topological polar surface area (TPSA) is 94.8 Å². The highest BCUT2D eigenvalue weighted by atomic mass is 16.3. The number of carbonyl (C=O) groups is 2. The number of amides is 3. The van der Waals surface area contributed by atoms with E-state index in [0.717, 1.165) is 12.8 Å². The van der Waals surface area contributed by atoms with Gasteiger partial charge in [-0.2, -0.15) is 0 Å². The number of piperidine rings is 1. The van der Waals surface area contributed by atoms with E-state index < -0.39 is 6.10 Å². The zero-order valence-corrected chi connectivity index (χ0v) is 13.1. The second-order valence-corrected chi connectivity index (χ2v) is 5.72. The SMILES string of the molecule is O=C(Nc1cccc(NC(=O)N2CCCC(O)C2)c1)c1ccoc1. The number of rotatable bonds is 3. The van der Waals surface area contributed by atoms with Crippen molar-refractivity contribution in [3.05, 3.63) is 48.4 Å². The van der Waals surface area contributed by atoms with Crippen LogP contribution in [0.15, 0.2) is 47.3 Å². The quantitative estimate of drug-likeness (QED) is 0.806. The van der Waals surface area contributed by atoms with Gasteiger partial charge >= 0.3 is 6.03 Å². The zero-order valence-electron chi connectivity index (χ0n) is 13.1. The summed E-state index contributed by atoms with van der Waals surface area (Å²) < 4.78 is 4.88. The number of furan rings is 1.